The van der Waals surface area contributed by atoms with Gasteiger partial charge in [-0.2, -0.15) is 0 Å². The number of hydrogen-bond donors (Lipinski definition) is 1. The van der Waals surface area contributed by atoms with Gasteiger partial charge < -0.3 is 10.1 Å². The van der Waals surface area contributed by atoms with E-state index < -0.39 is 0 Å². The van der Waals surface area contributed by atoms with Crippen molar-refractivity contribution in [3.63, 3.8) is 0 Å². The zero-order valence-corrected chi connectivity index (χ0v) is 13.4. The summed E-state index contributed by atoms with van der Waals surface area (Å²) in [6.07, 6.45) is 2.81. The first-order valence-corrected chi connectivity index (χ1v) is 7.36. The molecule has 1 aromatic rings. The summed E-state index contributed by atoms with van der Waals surface area (Å²) in [6, 6.07) is 0. The average Bonchev–Trinajstić information content (AvgIpc) is 2.36. The van der Waals surface area contributed by atoms with Crippen LogP contribution in [0, 0.1) is 6.92 Å². The fourth-order valence-corrected chi connectivity index (χ4v) is 1.96. The zero-order valence-electron chi connectivity index (χ0n) is 11.8. The van der Waals surface area contributed by atoms with Crippen LogP contribution in [0.2, 0.25) is 0 Å². The van der Waals surface area contributed by atoms with Crippen molar-refractivity contribution < 1.29 is 4.74 Å². The molecule has 5 nitrogen and oxygen atoms in total. The predicted octanol–water partition coefficient (Wildman–Crippen LogP) is 1.72. The van der Waals surface area contributed by atoms with Crippen LogP contribution in [0.1, 0.15) is 26.1 Å². The minimum atomic E-state index is -0.0301. The van der Waals surface area contributed by atoms with E-state index in [4.69, 9.17) is 4.74 Å². The van der Waals surface area contributed by atoms with Crippen molar-refractivity contribution in [2.75, 3.05) is 19.7 Å². The second-order valence-corrected chi connectivity index (χ2v) is 5.49. The molecule has 108 valence electrons. The molecule has 0 fully saturated rings. The SMILES string of the molecule is Cc1ncc(Br)c(=O)n1CCNCCCOC(C)C. The third-order valence-corrected chi connectivity index (χ3v) is 3.21. The van der Waals surface area contributed by atoms with Crippen molar-refractivity contribution >= 4 is 15.9 Å². The normalized spacial score (nSPS) is 11.2. The Labute approximate surface area is 122 Å². The number of aryl methyl sites for hydroxylation is 1. The van der Waals surface area contributed by atoms with E-state index in [1.165, 1.54) is 0 Å². The standard InChI is InChI=1S/C13H22BrN3O2/c1-10(2)19-8-4-5-15-6-7-17-11(3)16-9-12(14)13(17)18/h9-10,15H,4-8H2,1-3H3. The highest BCUT2D eigenvalue weighted by molar-refractivity contribution is 9.10. The summed E-state index contributed by atoms with van der Waals surface area (Å²) >= 11 is 3.20. The van der Waals surface area contributed by atoms with Crippen LogP contribution in [0.15, 0.2) is 15.5 Å². The summed E-state index contributed by atoms with van der Waals surface area (Å²) < 4.78 is 7.62. The van der Waals surface area contributed by atoms with Crippen molar-refractivity contribution in [1.82, 2.24) is 14.9 Å². The van der Waals surface area contributed by atoms with E-state index in [0.717, 1.165) is 31.9 Å². The van der Waals surface area contributed by atoms with E-state index in [9.17, 15) is 4.79 Å². The molecule has 1 N–H and O–H groups in total. The van der Waals surface area contributed by atoms with E-state index in [2.05, 4.69) is 26.2 Å². The molecule has 0 atom stereocenters. The number of rotatable bonds is 8. The van der Waals surface area contributed by atoms with Gasteiger partial charge in [0.1, 0.15) is 10.3 Å². The van der Waals surface area contributed by atoms with Gasteiger partial charge in [0.2, 0.25) is 0 Å². The third-order valence-electron chi connectivity index (χ3n) is 2.67. The van der Waals surface area contributed by atoms with E-state index in [-0.39, 0.29) is 11.7 Å². The molecule has 0 bridgehead atoms. The fraction of sp³-hybridized carbons (Fsp3) is 0.692. The van der Waals surface area contributed by atoms with Crippen LogP contribution >= 0.6 is 15.9 Å². The Morgan fingerprint density at radius 3 is 2.89 bits per heavy atom. The second kappa shape index (κ2) is 8.45. The van der Waals surface area contributed by atoms with E-state index in [1.54, 1.807) is 10.8 Å². The lowest BCUT2D eigenvalue weighted by atomic mass is 10.4. The summed E-state index contributed by atoms with van der Waals surface area (Å²) in [5.41, 5.74) is -0.0301. The Morgan fingerprint density at radius 1 is 1.47 bits per heavy atom. The lowest BCUT2D eigenvalue weighted by Crippen LogP contribution is -2.30. The van der Waals surface area contributed by atoms with Crippen molar-refractivity contribution in [3.8, 4) is 0 Å². The molecular weight excluding hydrogens is 310 g/mol. The van der Waals surface area contributed by atoms with Crippen LogP contribution in [0.4, 0.5) is 0 Å². The maximum atomic E-state index is 11.9. The van der Waals surface area contributed by atoms with Gasteiger partial charge in [-0.25, -0.2) is 4.98 Å². The molecule has 0 aromatic carbocycles. The summed E-state index contributed by atoms with van der Waals surface area (Å²) in [5, 5.41) is 3.30. The molecule has 1 rings (SSSR count). The van der Waals surface area contributed by atoms with E-state index in [1.807, 2.05) is 20.8 Å². The maximum Gasteiger partial charge on any atom is 0.267 e. The molecule has 1 aromatic heterocycles. The number of hydrogen-bond acceptors (Lipinski definition) is 4. The van der Waals surface area contributed by atoms with Crippen LogP contribution in [-0.2, 0) is 11.3 Å². The van der Waals surface area contributed by atoms with Gasteiger partial charge in [-0.05, 0) is 49.7 Å². The van der Waals surface area contributed by atoms with E-state index >= 15 is 0 Å². The monoisotopic (exact) mass is 331 g/mol. The minimum absolute atomic E-state index is 0.0301. The molecule has 0 amide bonds. The molecule has 0 aliphatic rings. The Morgan fingerprint density at radius 2 is 2.21 bits per heavy atom. The molecule has 0 unspecified atom stereocenters. The summed E-state index contributed by atoms with van der Waals surface area (Å²) in [4.78, 5) is 16.0. The van der Waals surface area contributed by atoms with Crippen LogP contribution in [0.5, 0.6) is 0 Å². The molecule has 0 radical (unpaired) electrons. The number of nitrogens with one attached hydrogen (secondary N) is 1. The zero-order chi connectivity index (χ0) is 14.3. The third kappa shape index (κ3) is 5.84. The number of ether oxygens (including phenoxy) is 1. The topological polar surface area (TPSA) is 56.2 Å². The minimum Gasteiger partial charge on any atom is -0.379 e. The van der Waals surface area contributed by atoms with Crippen molar-refractivity contribution in [3.05, 3.63) is 26.8 Å². The molecule has 1 heterocycles. The van der Waals surface area contributed by atoms with Crippen LogP contribution in [-0.4, -0.2) is 35.4 Å². The predicted molar refractivity (Wildman–Crippen MR) is 79.5 cm³/mol. The average molecular weight is 332 g/mol. The largest absolute Gasteiger partial charge is 0.379 e. The number of halogens is 1. The van der Waals surface area contributed by atoms with Gasteiger partial charge >= 0.3 is 0 Å². The van der Waals surface area contributed by atoms with Crippen LogP contribution in [0.3, 0.4) is 0 Å². The lowest BCUT2D eigenvalue weighted by molar-refractivity contribution is 0.0771. The van der Waals surface area contributed by atoms with Crippen LogP contribution < -0.4 is 10.9 Å². The molecule has 0 aliphatic carbocycles. The second-order valence-electron chi connectivity index (χ2n) is 4.63. The van der Waals surface area contributed by atoms with Crippen molar-refractivity contribution in [2.24, 2.45) is 0 Å². The molecule has 19 heavy (non-hydrogen) atoms. The van der Waals surface area contributed by atoms with Gasteiger partial charge in [0, 0.05) is 25.9 Å². The highest BCUT2D eigenvalue weighted by Gasteiger charge is 2.04. The van der Waals surface area contributed by atoms with Gasteiger partial charge in [0.15, 0.2) is 0 Å². The van der Waals surface area contributed by atoms with Gasteiger partial charge in [0.05, 0.1) is 6.10 Å². The first-order valence-electron chi connectivity index (χ1n) is 6.56. The first-order chi connectivity index (χ1) is 9.02. The fourth-order valence-electron chi connectivity index (χ4n) is 1.65. The molecular formula is C13H22BrN3O2. The Balaban J connectivity index is 2.27. The smallest absolute Gasteiger partial charge is 0.267 e. The highest BCUT2D eigenvalue weighted by atomic mass is 79.9. The summed E-state index contributed by atoms with van der Waals surface area (Å²) in [6.45, 7) is 8.93. The molecule has 0 aliphatic heterocycles. The summed E-state index contributed by atoms with van der Waals surface area (Å²) in [5.74, 6) is 0.734. The number of nitrogens with zero attached hydrogens (tertiary/aromatic N) is 2. The van der Waals surface area contributed by atoms with Gasteiger partial charge in [0.25, 0.3) is 5.56 Å². The Hall–Kier alpha value is -0.720. The number of aromatic nitrogens is 2. The summed E-state index contributed by atoms with van der Waals surface area (Å²) in [7, 11) is 0. The molecule has 0 saturated heterocycles. The van der Waals surface area contributed by atoms with Gasteiger partial charge in [-0.1, -0.05) is 0 Å². The van der Waals surface area contributed by atoms with Crippen molar-refractivity contribution in [2.45, 2.75) is 39.8 Å². The lowest BCUT2D eigenvalue weighted by Gasteiger charge is -2.11. The maximum absolute atomic E-state index is 11.9. The quantitative estimate of drug-likeness (QED) is 0.737. The highest BCUT2D eigenvalue weighted by Crippen LogP contribution is 2.00. The van der Waals surface area contributed by atoms with Gasteiger partial charge in [-0.3, -0.25) is 9.36 Å². The van der Waals surface area contributed by atoms with Gasteiger partial charge in [-0.15, -0.1) is 0 Å². The first kappa shape index (κ1) is 16.3. The van der Waals surface area contributed by atoms with Crippen LogP contribution in [0.25, 0.3) is 0 Å². The molecule has 0 spiro atoms. The Kier molecular flexibility index (Phi) is 7.27. The molecule has 0 saturated carbocycles. The van der Waals surface area contributed by atoms with E-state index in [0.29, 0.717) is 11.0 Å². The molecule has 6 heteroatoms. The van der Waals surface area contributed by atoms with Crippen molar-refractivity contribution in [1.29, 1.82) is 0 Å². The Bertz CT molecular complexity index is 446.